The number of aromatic nitrogens is 2. The first kappa shape index (κ1) is 9.60. The second-order valence-corrected chi connectivity index (χ2v) is 4.23. The maximum Gasteiger partial charge on any atom is 0.0649 e. The second kappa shape index (κ2) is 4.10. The van der Waals surface area contributed by atoms with Crippen LogP contribution in [0.3, 0.4) is 0 Å². The molecule has 0 bridgehead atoms. The number of hydrogen-bond acceptors (Lipinski definition) is 2. The molecule has 0 saturated heterocycles. The third-order valence-corrected chi connectivity index (χ3v) is 2.87. The largest absolute Gasteiger partial charge is 0.308 e. The maximum absolute atomic E-state index is 4.36. The van der Waals surface area contributed by atoms with Crippen LogP contribution in [0.25, 0.3) is 5.69 Å². The van der Waals surface area contributed by atoms with Crippen LogP contribution in [0, 0.1) is 0 Å². The Morgan fingerprint density at radius 3 is 2.75 bits per heavy atom. The van der Waals surface area contributed by atoms with Gasteiger partial charge in [0.05, 0.1) is 11.4 Å². The number of nitrogens with one attached hydrogen (secondary N) is 1. The Kier molecular flexibility index (Phi) is 2.46. The fraction of sp³-hybridized carbons (Fsp3) is 0.308. The van der Waals surface area contributed by atoms with Crippen molar-refractivity contribution in [1.82, 2.24) is 15.1 Å². The third-order valence-electron chi connectivity index (χ3n) is 2.87. The number of nitrogens with zero attached hydrogens (tertiary/aromatic N) is 2. The fourth-order valence-electron chi connectivity index (χ4n) is 1.80. The highest BCUT2D eigenvalue weighted by atomic mass is 15.3. The van der Waals surface area contributed by atoms with Gasteiger partial charge in [-0.2, -0.15) is 5.10 Å². The van der Waals surface area contributed by atoms with Crippen molar-refractivity contribution >= 4 is 0 Å². The van der Waals surface area contributed by atoms with Gasteiger partial charge in [-0.15, -0.1) is 0 Å². The summed E-state index contributed by atoms with van der Waals surface area (Å²) in [6.45, 7) is 0.902. The Bertz CT molecular complexity index is 457. The highest BCUT2D eigenvalue weighted by molar-refractivity contribution is 5.32. The Morgan fingerprint density at radius 1 is 1.19 bits per heavy atom. The van der Waals surface area contributed by atoms with Crippen LogP contribution < -0.4 is 5.32 Å². The molecule has 3 nitrogen and oxygen atoms in total. The highest BCUT2D eigenvalue weighted by Gasteiger charge is 2.20. The molecule has 0 spiro atoms. The van der Waals surface area contributed by atoms with Crippen molar-refractivity contribution in [3.63, 3.8) is 0 Å². The Labute approximate surface area is 95.1 Å². The lowest BCUT2D eigenvalue weighted by Crippen LogP contribution is -2.18. The topological polar surface area (TPSA) is 29.9 Å². The summed E-state index contributed by atoms with van der Waals surface area (Å²) in [5.41, 5.74) is 2.35. The van der Waals surface area contributed by atoms with Gasteiger partial charge in [-0.3, -0.25) is 0 Å². The zero-order chi connectivity index (χ0) is 10.8. The molecule has 1 aromatic heterocycles. The smallest absolute Gasteiger partial charge is 0.0649 e. The number of hydrogen-bond donors (Lipinski definition) is 1. The second-order valence-electron chi connectivity index (χ2n) is 4.23. The summed E-state index contributed by atoms with van der Waals surface area (Å²) in [6.07, 6.45) is 4.50. The van der Waals surface area contributed by atoms with Crippen LogP contribution >= 0.6 is 0 Å². The van der Waals surface area contributed by atoms with Gasteiger partial charge in [0.2, 0.25) is 0 Å². The summed E-state index contributed by atoms with van der Waals surface area (Å²) < 4.78 is 2.00. The first-order chi connectivity index (χ1) is 7.93. The molecular weight excluding hydrogens is 198 g/mol. The highest BCUT2D eigenvalue weighted by Crippen LogP contribution is 2.19. The fourth-order valence-corrected chi connectivity index (χ4v) is 1.80. The van der Waals surface area contributed by atoms with Crippen LogP contribution in [0.15, 0.2) is 42.6 Å². The molecule has 1 heterocycles. The van der Waals surface area contributed by atoms with Crippen molar-refractivity contribution < 1.29 is 0 Å². The van der Waals surface area contributed by atoms with Crippen molar-refractivity contribution in [2.24, 2.45) is 0 Å². The Morgan fingerprint density at radius 2 is 2.00 bits per heavy atom. The summed E-state index contributed by atoms with van der Waals surface area (Å²) in [5, 5.41) is 7.87. The van der Waals surface area contributed by atoms with Gasteiger partial charge in [0.1, 0.15) is 0 Å². The van der Waals surface area contributed by atoms with E-state index < -0.39 is 0 Å². The quantitative estimate of drug-likeness (QED) is 0.843. The van der Waals surface area contributed by atoms with E-state index in [2.05, 4.69) is 28.6 Å². The van der Waals surface area contributed by atoms with E-state index in [-0.39, 0.29) is 0 Å². The average Bonchev–Trinajstić information content (AvgIpc) is 3.05. The lowest BCUT2D eigenvalue weighted by atomic mass is 10.3. The minimum Gasteiger partial charge on any atom is -0.308 e. The van der Waals surface area contributed by atoms with E-state index in [0.29, 0.717) is 0 Å². The maximum atomic E-state index is 4.36. The molecule has 1 N–H and O–H groups in total. The van der Waals surface area contributed by atoms with Gasteiger partial charge < -0.3 is 5.32 Å². The molecular formula is C13H15N3. The Hall–Kier alpha value is -1.61. The van der Waals surface area contributed by atoms with E-state index in [0.717, 1.165) is 18.3 Å². The van der Waals surface area contributed by atoms with E-state index in [1.54, 1.807) is 0 Å². The van der Waals surface area contributed by atoms with Crippen LogP contribution in [-0.2, 0) is 6.54 Å². The molecule has 16 heavy (non-hydrogen) atoms. The molecule has 0 unspecified atom stereocenters. The van der Waals surface area contributed by atoms with Crippen LogP contribution in [0.5, 0.6) is 0 Å². The van der Waals surface area contributed by atoms with Crippen LogP contribution in [0.4, 0.5) is 0 Å². The molecule has 0 radical (unpaired) electrons. The summed E-state index contributed by atoms with van der Waals surface area (Å²) in [4.78, 5) is 0. The molecule has 1 aliphatic rings. The van der Waals surface area contributed by atoms with Crippen molar-refractivity contribution in [3.05, 3.63) is 48.3 Å². The summed E-state index contributed by atoms with van der Waals surface area (Å²) >= 11 is 0. The molecule has 0 amide bonds. The molecule has 2 aromatic rings. The van der Waals surface area contributed by atoms with Crippen molar-refractivity contribution in [1.29, 1.82) is 0 Å². The molecule has 1 aromatic carbocycles. The first-order valence-electron chi connectivity index (χ1n) is 5.75. The molecule has 1 saturated carbocycles. The van der Waals surface area contributed by atoms with Gasteiger partial charge in [0.25, 0.3) is 0 Å². The molecule has 0 atom stereocenters. The van der Waals surface area contributed by atoms with Crippen LogP contribution in [0.2, 0.25) is 0 Å². The minimum atomic E-state index is 0.735. The summed E-state index contributed by atoms with van der Waals surface area (Å²) in [6, 6.07) is 13.1. The van der Waals surface area contributed by atoms with Crippen molar-refractivity contribution in [3.8, 4) is 5.69 Å². The predicted octanol–water partition coefficient (Wildman–Crippen LogP) is 2.12. The summed E-state index contributed by atoms with van der Waals surface area (Å²) in [5.74, 6) is 0. The van der Waals surface area contributed by atoms with E-state index in [1.807, 2.05) is 29.1 Å². The van der Waals surface area contributed by atoms with Gasteiger partial charge in [0, 0.05) is 18.8 Å². The van der Waals surface area contributed by atoms with Crippen LogP contribution in [-0.4, -0.2) is 15.8 Å². The lowest BCUT2D eigenvalue weighted by molar-refractivity contribution is 0.650. The monoisotopic (exact) mass is 213 g/mol. The van der Waals surface area contributed by atoms with Gasteiger partial charge in [-0.1, -0.05) is 18.2 Å². The van der Waals surface area contributed by atoms with Gasteiger partial charge in [0.15, 0.2) is 0 Å². The molecule has 0 aliphatic heterocycles. The van der Waals surface area contributed by atoms with Gasteiger partial charge in [-0.25, -0.2) is 4.68 Å². The molecule has 1 fully saturated rings. The average molecular weight is 213 g/mol. The third kappa shape index (κ3) is 1.99. The van der Waals surface area contributed by atoms with Crippen LogP contribution in [0.1, 0.15) is 18.5 Å². The normalized spacial score (nSPS) is 15.2. The standard InChI is InChI=1S/C13H15N3/c1-2-4-12(5-3-1)16-13(8-9-15-16)10-14-11-6-7-11/h1-5,8-9,11,14H,6-7,10H2. The lowest BCUT2D eigenvalue weighted by Gasteiger charge is -2.07. The number of rotatable bonds is 4. The Balaban J connectivity index is 1.81. The summed E-state index contributed by atoms with van der Waals surface area (Å²) in [7, 11) is 0. The predicted molar refractivity (Wildman–Crippen MR) is 63.4 cm³/mol. The van der Waals surface area contributed by atoms with E-state index in [1.165, 1.54) is 18.5 Å². The van der Waals surface area contributed by atoms with Gasteiger partial charge >= 0.3 is 0 Å². The zero-order valence-electron chi connectivity index (χ0n) is 9.13. The van der Waals surface area contributed by atoms with E-state index in [9.17, 15) is 0 Å². The van der Waals surface area contributed by atoms with E-state index >= 15 is 0 Å². The molecule has 3 heteroatoms. The van der Waals surface area contributed by atoms with Gasteiger partial charge in [-0.05, 0) is 31.0 Å². The molecule has 1 aliphatic carbocycles. The molecule has 82 valence electrons. The minimum absolute atomic E-state index is 0.735. The SMILES string of the molecule is c1ccc(-n2nccc2CNC2CC2)cc1. The van der Waals surface area contributed by atoms with E-state index in [4.69, 9.17) is 0 Å². The number of benzene rings is 1. The number of para-hydroxylation sites is 1. The molecule has 3 rings (SSSR count). The first-order valence-corrected chi connectivity index (χ1v) is 5.75. The van der Waals surface area contributed by atoms with Crippen molar-refractivity contribution in [2.75, 3.05) is 0 Å². The van der Waals surface area contributed by atoms with Crippen molar-refractivity contribution in [2.45, 2.75) is 25.4 Å². The zero-order valence-corrected chi connectivity index (χ0v) is 9.13.